The van der Waals surface area contributed by atoms with Crippen molar-refractivity contribution >= 4 is 36.0 Å². The molecule has 2 N–H and O–H groups in total. The number of thioether (sulfide) groups is 1. The molecular weight excluding hydrogens is 370 g/mol. The number of amides is 2. The molecule has 144 valence electrons. The van der Waals surface area contributed by atoms with Crippen molar-refractivity contribution in [1.29, 1.82) is 0 Å². The Labute approximate surface area is 166 Å². The van der Waals surface area contributed by atoms with Gasteiger partial charge in [0.05, 0.1) is 5.88 Å². The number of hydrogen-bond donors (Lipinski definition) is 1. The molecule has 1 aromatic rings. The van der Waals surface area contributed by atoms with E-state index in [4.69, 9.17) is 5.73 Å². The molecule has 3 rings (SSSR count). The molecule has 2 fully saturated rings. The number of carbonyl (C=O) groups is 2. The van der Waals surface area contributed by atoms with E-state index in [2.05, 4.69) is 19.1 Å². The van der Waals surface area contributed by atoms with Crippen molar-refractivity contribution in [3.63, 3.8) is 0 Å². The Morgan fingerprint density at radius 1 is 1.23 bits per heavy atom. The number of nitrogens with zero attached hydrogens (tertiary/aromatic N) is 2. The molecule has 26 heavy (non-hydrogen) atoms. The molecule has 5 nitrogen and oxygen atoms in total. The summed E-state index contributed by atoms with van der Waals surface area (Å²) in [5.74, 6) is 1.65. The van der Waals surface area contributed by atoms with Crippen LogP contribution < -0.4 is 5.73 Å². The second kappa shape index (κ2) is 9.62. The fourth-order valence-corrected chi connectivity index (χ4v) is 4.81. The summed E-state index contributed by atoms with van der Waals surface area (Å²) >= 11 is 1.66. The van der Waals surface area contributed by atoms with E-state index in [9.17, 15) is 9.59 Å². The lowest BCUT2D eigenvalue weighted by Crippen LogP contribution is -2.48. The molecule has 0 aliphatic carbocycles. The molecule has 0 saturated carbocycles. The second-order valence-corrected chi connectivity index (χ2v) is 7.91. The van der Waals surface area contributed by atoms with Crippen LogP contribution in [0.2, 0.25) is 0 Å². The first-order valence-corrected chi connectivity index (χ1v) is 10.2. The lowest BCUT2D eigenvalue weighted by molar-refractivity contribution is -0.142. The molecule has 3 atom stereocenters. The van der Waals surface area contributed by atoms with E-state index in [1.807, 2.05) is 23.1 Å². The van der Waals surface area contributed by atoms with Gasteiger partial charge >= 0.3 is 0 Å². The molecule has 0 radical (unpaired) electrons. The topological polar surface area (TPSA) is 66.6 Å². The van der Waals surface area contributed by atoms with E-state index in [0.29, 0.717) is 31.1 Å². The Bertz CT molecular complexity index is 616. The minimum absolute atomic E-state index is 0. The predicted octanol–water partition coefficient (Wildman–Crippen LogP) is 2.45. The van der Waals surface area contributed by atoms with Crippen molar-refractivity contribution in [3.05, 3.63) is 35.9 Å². The first-order chi connectivity index (χ1) is 12.1. The van der Waals surface area contributed by atoms with Gasteiger partial charge in [0.25, 0.3) is 0 Å². The minimum Gasteiger partial charge on any atom is -0.339 e. The lowest BCUT2D eigenvalue weighted by Gasteiger charge is -2.27. The van der Waals surface area contributed by atoms with Crippen LogP contribution in [0.25, 0.3) is 0 Å². The molecule has 2 amide bonds. The SMILES string of the molecule is CCCCC(=O)N1CSCC1C(=O)N1C[C@@H](N)[C@H](c2ccccc2)C1.Cl. The van der Waals surface area contributed by atoms with Gasteiger partial charge in [-0.1, -0.05) is 43.7 Å². The van der Waals surface area contributed by atoms with Crippen LogP contribution in [0.3, 0.4) is 0 Å². The van der Waals surface area contributed by atoms with Gasteiger partial charge in [0.15, 0.2) is 0 Å². The van der Waals surface area contributed by atoms with Crippen LogP contribution in [0.4, 0.5) is 0 Å². The largest absolute Gasteiger partial charge is 0.339 e. The van der Waals surface area contributed by atoms with Crippen molar-refractivity contribution in [2.24, 2.45) is 5.73 Å². The van der Waals surface area contributed by atoms with Gasteiger partial charge in [0, 0.05) is 37.2 Å². The minimum atomic E-state index is -0.323. The number of carbonyl (C=O) groups excluding carboxylic acids is 2. The number of benzene rings is 1. The number of nitrogens with two attached hydrogens (primary N) is 1. The highest BCUT2D eigenvalue weighted by Gasteiger charge is 2.41. The molecule has 1 unspecified atom stereocenters. The normalized spacial score (nSPS) is 25.2. The van der Waals surface area contributed by atoms with E-state index in [1.165, 1.54) is 5.56 Å². The zero-order valence-electron chi connectivity index (χ0n) is 15.2. The molecule has 2 heterocycles. The highest BCUT2D eigenvalue weighted by molar-refractivity contribution is 7.99. The molecular formula is C19H28ClN3O2S. The number of halogens is 1. The van der Waals surface area contributed by atoms with Crippen molar-refractivity contribution in [2.75, 3.05) is 24.7 Å². The van der Waals surface area contributed by atoms with Gasteiger partial charge < -0.3 is 15.5 Å². The summed E-state index contributed by atoms with van der Waals surface area (Å²) in [6.07, 6.45) is 2.41. The summed E-state index contributed by atoms with van der Waals surface area (Å²) in [7, 11) is 0. The number of likely N-dealkylation sites (tertiary alicyclic amines) is 1. The number of rotatable bonds is 5. The van der Waals surface area contributed by atoms with Crippen LogP contribution in [-0.2, 0) is 9.59 Å². The summed E-state index contributed by atoms with van der Waals surface area (Å²) in [5, 5.41) is 0. The van der Waals surface area contributed by atoms with Crippen LogP contribution in [-0.4, -0.2) is 58.4 Å². The van der Waals surface area contributed by atoms with Crippen LogP contribution in [0.1, 0.15) is 37.7 Å². The molecule has 1 aromatic carbocycles. The Morgan fingerprint density at radius 3 is 2.65 bits per heavy atom. The molecule has 7 heteroatoms. The maximum absolute atomic E-state index is 13.0. The summed E-state index contributed by atoms with van der Waals surface area (Å²) in [6.45, 7) is 3.28. The summed E-state index contributed by atoms with van der Waals surface area (Å²) in [5.41, 5.74) is 7.50. The Balaban J connectivity index is 0.00000243. The van der Waals surface area contributed by atoms with Crippen LogP contribution in [0, 0.1) is 0 Å². The Hall–Kier alpha value is -1.24. The van der Waals surface area contributed by atoms with Crippen molar-refractivity contribution in [1.82, 2.24) is 9.80 Å². The Kier molecular flexibility index (Phi) is 7.80. The first-order valence-electron chi connectivity index (χ1n) is 9.08. The van der Waals surface area contributed by atoms with E-state index >= 15 is 0 Å². The van der Waals surface area contributed by atoms with Crippen molar-refractivity contribution < 1.29 is 9.59 Å². The van der Waals surface area contributed by atoms with Crippen LogP contribution in [0.15, 0.2) is 30.3 Å². The first kappa shape index (κ1) is 21.1. The van der Waals surface area contributed by atoms with E-state index in [0.717, 1.165) is 12.8 Å². The molecule has 2 aliphatic rings. The molecule has 0 bridgehead atoms. The van der Waals surface area contributed by atoms with Gasteiger partial charge in [0.2, 0.25) is 11.8 Å². The second-order valence-electron chi connectivity index (χ2n) is 6.91. The Morgan fingerprint density at radius 2 is 1.96 bits per heavy atom. The van der Waals surface area contributed by atoms with Crippen LogP contribution >= 0.6 is 24.2 Å². The van der Waals surface area contributed by atoms with Gasteiger partial charge in [-0.2, -0.15) is 0 Å². The van der Waals surface area contributed by atoms with E-state index in [1.54, 1.807) is 16.7 Å². The van der Waals surface area contributed by atoms with Gasteiger partial charge in [-0.15, -0.1) is 24.2 Å². The number of unbranched alkanes of at least 4 members (excludes halogenated alkanes) is 1. The van der Waals surface area contributed by atoms with E-state index in [-0.39, 0.29) is 42.2 Å². The zero-order valence-corrected chi connectivity index (χ0v) is 16.8. The summed E-state index contributed by atoms with van der Waals surface area (Å²) in [4.78, 5) is 29.1. The third kappa shape index (κ3) is 4.53. The molecule has 0 aromatic heterocycles. The third-order valence-electron chi connectivity index (χ3n) is 5.14. The zero-order chi connectivity index (χ0) is 17.8. The predicted molar refractivity (Wildman–Crippen MR) is 108 cm³/mol. The average Bonchev–Trinajstić information content (AvgIpc) is 3.26. The third-order valence-corrected chi connectivity index (χ3v) is 6.15. The number of hydrogen-bond acceptors (Lipinski definition) is 4. The van der Waals surface area contributed by atoms with E-state index < -0.39 is 0 Å². The summed E-state index contributed by atoms with van der Waals surface area (Å²) < 4.78 is 0. The molecule has 2 aliphatic heterocycles. The van der Waals surface area contributed by atoms with Gasteiger partial charge in [-0.05, 0) is 12.0 Å². The maximum atomic E-state index is 13.0. The lowest BCUT2D eigenvalue weighted by atomic mass is 9.95. The maximum Gasteiger partial charge on any atom is 0.246 e. The van der Waals surface area contributed by atoms with Gasteiger partial charge in [0.1, 0.15) is 6.04 Å². The molecule has 0 spiro atoms. The average molecular weight is 398 g/mol. The van der Waals surface area contributed by atoms with Crippen molar-refractivity contribution in [3.8, 4) is 0 Å². The smallest absolute Gasteiger partial charge is 0.246 e. The molecule has 2 saturated heterocycles. The highest BCUT2D eigenvalue weighted by Crippen LogP contribution is 2.30. The highest BCUT2D eigenvalue weighted by atomic mass is 35.5. The quantitative estimate of drug-likeness (QED) is 0.828. The monoisotopic (exact) mass is 397 g/mol. The fraction of sp³-hybridized carbons (Fsp3) is 0.579. The fourth-order valence-electron chi connectivity index (χ4n) is 3.64. The summed E-state index contributed by atoms with van der Waals surface area (Å²) in [6, 6.07) is 9.78. The van der Waals surface area contributed by atoms with Crippen molar-refractivity contribution in [2.45, 2.75) is 44.2 Å². The van der Waals surface area contributed by atoms with Gasteiger partial charge in [-0.3, -0.25) is 9.59 Å². The van der Waals surface area contributed by atoms with Crippen LogP contribution in [0.5, 0.6) is 0 Å². The van der Waals surface area contributed by atoms with Gasteiger partial charge in [-0.25, -0.2) is 0 Å². The standard InChI is InChI=1S/C19H27N3O2S.ClH/c1-2-3-9-18(23)22-13-25-12-17(22)19(24)21-10-15(16(20)11-21)14-7-5-4-6-8-14;/h4-8,15-17H,2-3,9-13,20H2,1H3;1H/t15-,16+,17?;/m0./s1.